The molecule has 2 saturated heterocycles. The lowest BCUT2D eigenvalue weighted by atomic mass is 9.71. The standard InChI is InChI=1S/C21H24N6/c1-15-12-24-14-21(15)5-10-27(11-6-21)20-17-4-9-23-13-18(17)25-19(26-20)16-2-7-22-8-3-16/h2-4,7-9,13,15,24H,5-6,10-12,14H2,1H3/t15-/m0/s1. The van der Waals surface area contributed by atoms with E-state index in [4.69, 9.17) is 9.97 Å². The Labute approximate surface area is 159 Å². The molecule has 27 heavy (non-hydrogen) atoms. The highest BCUT2D eigenvalue weighted by Crippen LogP contribution is 2.42. The van der Waals surface area contributed by atoms with Gasteiger partial charge in [0.2, 0.25) is 0 Å². The molecule has 6 heteroatoms. The van der Waals surface area contributed by atoms with E-state index < -0.39 is 0 Å². The molecule has 2 aliphatic heterocycles. The fourth-order valence-electron chi connectivity index (χ4n) is 4.60. The Bertz CT molecular complexity index is 949. The van der Waals surface area contributed by atoms with E-state index in [-0.39, 0.29) is 0 Å². The topological polar surface area (TPSA) is 66.8 Å². The maximum absolute atomic E-state index is 4.97. The summed E-state index contributed by atoms with van der Waals surface area (Å²) in [5, 5.41) is 4.67. The molecule has 6 nitrogen and oxygen atoms in total. The highest BCUT2D eigenvalue weighted by Gasteiger charge is 2.42. The molecule has 3 aromatic rings. The van der Waals surface area contributed by atoms with Gasteiger partial charge in [-0.3, -0.25) is 9.97 Å². The van der Waals surface area contributed by atoms with E-state index in [1.807, 2.05) is 30.6 Å². The molecule has 0 aliphatic carbocycles. The van der Waals surface area contributed by atoms with Gasteiger partial charge in [0.1, 0.15) is 5.82 Å². The van der Waals surface area contributed by atoms with E-state index in [2.05, 4.69) is 27.1 Å². The summed E-state index contributed by atoms with van der Waals surface area (Å²) in [5.41, 5.74) is 2.33. The zero-order chi connectivity index (χ0) is 18.3. The average Bonchev–Trinajstić information content (AvgIpc) is 3.08. The van der Waals surface area contributed by atoms with Crippen LogP contribution in [0.5, 0.6) is 0 Å². The first-order valence-corrected chi connectivity index (χ1v) is 9.73. The number of nitrogens with zero attached hydrogens (tertiary/aromatic N) is 5. The SMILES string of the molecule is C[C@H]1CNCC12CCN(c1nc(-c3ccncc3)nc3cnccc13)CC2. The van der Waals surface area contributed by atoms with Gasteiger partial charge >= 0.3 is 0 Å². The van der Waals surface area contributed by atoms with Crippen LogP contribution in [-0.2, 0) is 0 Å². The lowest BCUT2D eigenvalue weighted by Gasteiger charge is -2.42. The Balaban J connectivity index is 1.53. The Morgan fingerprint density at radius 1 is 1.04 bits per heavy atom. The first kappa shape index (κ1) is 16.6. The first-order chi connectivity index (χ1) is 13.3. The average molecular weight is 360 g/mol. The minimum Gasteiger partial charge on any atom is -0.356 e. The molecule has 2 aliphatic rings. The van der Waals surface area contributed by atoms with Crippen LogP contribution in [0.2, 0.25) is 0 Å². The van der Waals surface area contributed by atoms with Gasteiger partial charge in [0, 0.05) is 49.2 Å². The number of pyridine rings is 2. The Hall–Kier alpha value is -2.60. The number of nitrogens with one attached hydrogen (secondary N) is 1. The maximum atomic E-state index is 4.97. The largest absolute Gasteiger partial charge is 0.356 e. The lowest BCUT2D eigenvalue weighted by Crippen LogP contribution is -2.44. The summed E-state index contributed by atoms with van der Waals surface area (Å²) in [7, 11) is 0. The van der Waals surface area contributed by atoms with Crippen LogP contribution in [0.15, 0.2) is 43.0 Å². The summed E-state index contributed by atoms with van der Waals surface area (Å²) in [6.07, 6.45) is 9.65. The van der Waals surface area contributed by atoms with Gasteiger partial charge < -0.3 is 10.2 Å². The van der Waals surface area contributed by atoms with Crippen LogP contribution in [-0.4, -0.2) is 46.1 Å². The van der Waals surface area contributed by atoms with E-state index in [0.717, 1.165) is 60.2 Å². The number of hydrogen-bond acceptors (Lipinski definition) is 6. The summed E-state index contributed by atoms with van der Waals surface area (Å²) in [6.45, 7) is 6.77. The van der Waals surface area contributed by atoms with Crippen molar-refractivity contribution in [3.05, 3.63) is 43.0 Å². The van der Waals surface area contributed by atoms with Crippen LogP contribution in [0.3, 0.4) is 0 Å². The van der Waals surface area contributed by atoms with Crippen molar-refractivity contribution in [2.45, 2.75) is 19.8 Å². The van der Waals surface area contributed by atoms with Crippen molar-refractivity contribution in [3.8, 4) is 11.4 Å². The second-order valence-corrected chi connectivity index (χ2v) is 7.88. The van der Waals surface area contributed by atoms with E-state index in [1.165, 1.54) is 12.8 Å². The summed E-state index contributed by atoms with van der Waals surface area (Å²) in [6, 6.07) is 5.95. The van der Waals surface area contributed by atoms with Gasteiger partial charge in [-0.2, -0.15) is 0 Å². The third kappa shape index (κ3) is 2.84. The Morgan fingerprint density at radius 3 is 2.56 bits per heavy atom. The van der Waals surface area contributed by atoms with Crippen LogP contribution in [0.25, 0.3) is 22.3 Å². The molecule has 5 rings (SSSR count). The quantitative estimate of drug-likeness (QED) is 0.758. The molecule has 138 valence electrons. The number of hydrogen-bond donors (Lipinski definition) is 1. The highest BCUT2D eigenvalue weighted by molar-refractivity contribution is 5.90. The van der Waals surface area contributed by atoms with Crippen LogP contribution >= 0.6 is 0 Å². The van der Waals surface area contributed by atoms with Gasteiger partial charge in [-0.05, 0) is 48.9 Å². The van der Waals surface area contributed by atoms with Crippen molar-refractivity contribution in [1.82, 2.24) is 25.3 Å². The fourth-order valence-corrected chi connectivity index (χ4v) is 4.60. The molecule has 1 N–H and O–H groups in total. The molecule has 2 fully saturated rings. The van der Waals surface area contributed by atoms with E-state index >= 15 is 0 Å². The zero-order valence-electron chi connectivity index (χ0n) is 15.6. The monoisotopic (exact) mass is 360 g/mol. The maximum Gasteiger partial charge on any atom is 0.162 e. The van der Waals surface area contributed by atoms with Crippen molar-refractivity contribution < 1.29 is 0 Å². The summed E-state index contributed by atoms with van der Waals surface area (Å²) >= 11 is 0. The van der Waals surface area contributed by atoms with Crippen LogP contribution in [0, 0.1) is 11.3 Å². The van der Waals surface area contributed by atoms with Gasteiger partial charge in [0.25, 0.3) is 0 Å². The van der Waals surface area contributed by atoms with Gasteiger partial charge in [-0.15, -0.1) is 0 Å². The van der Waals surface area contributed by atoms with E-state index in [1.54, 1.807) is 12.4 Å². The number of piperidine rings is 1. The Kier molecular flexibility index (Phi) is 4.01. The molecule has 0 saturated carbocycles. The second-order valence-electron chi connectivity index (χ2n) is 7.88. The molecule has 5 heterocycles. The molecular weight excluding hydrogens is 336 g/mol. The summed E-state index contributed by atoms with van der Waals surface area (Å²) < 4.78 is 0. The first-order valence-electron chi connectivity index (χ1n) is 9.73. The fraction of sp³-hybridized carbons (Fsp3) is 0.429. The van der Waals surface area contributed by atoms with Crippen molar-refractivity contribution >= 4 is 16.7 Å². The van der Waals surface area contributed by atoms with Gasteiger partial charge in [-0.1, -0.05) is 6.92 Å². The molecule has 1 atom stereocenters. The van der Waals surface area contributed by atoms with Crippen molar-refractivity contribution in [3.63, 3.8) is 0 Å². The number of rotatable bonds is 2. The number of fused-ring (bicyclic) bond motifs is 1. The van der Waals surface area contributed by atoms with Gasteiger partial charge in [0.05, 0.1) is 11.7 Å². The predicted octanol–water partition coefficient (Wildman–Crippen LogP) is 2.91. The molecule has 0 aromatic carbocycles. The van der Waals surface area contributed by atoms with Crippen molar-refractivity contribution in [2.24, 2.45) is 11.3 Å². The lowest BCUT2D eigenvalue weighted by molar-refractivity contribution is 0.183. The molecule has 1 spiro atoms. The molecular formula is C21H24N6. The van der Waals surface area contributed by atoms with Crippen molar-refractivity contribution in [1.29, 1.82) is 0 Å². The third-order valence-corrected chi connectivity index (χ3v) is 6.45. The predicted molar refractivity (Wildman–Crippen MR) is 106 cm³/mol. The van der Waals surface area contributed by atoms with Crippen molar-refractivity contribution in [2.75, 3.05) is 31.1 Å². The zero-order valence-corrected chi connectivity index (χ0v) is 15.6. The minimum atomic E-state index is 0.453. The van der Waals surface area contributed by atoms with E-state index in [0.29, 0.717) is 5.41 Å². The third-order valence-electron chi connectivity index (χ3n) is 6.45. The second kappa shape index (κ2) is 6.53. The van der Waals surface area contributed by atoms with Crippen LogP contribution in [0.1, 0.15) is 19.8 Å². The molecule has 0 amide bonds. The number of anilines is 1. The van der Waals surface area contributed by atoms with Crippen LogP contribution < -0.4 is 10.2 Å². The molecule has 0 radical (unpaired) electrons. The molecule has 0 unspecified atom stereocenters. The molecule has 0 bridgehead atoms. The van der Waals surface area contributed by atoms with Gasteiger partial charge in [-0.25, -0.2) is 9.97 Å². The summed E-state index contributed by atoms with van der Waals surface area (Å²) in [4.78, 5) is 20.5. The van der Waals surface area contributed by atoms with E-state index in [9.17, 15) is 0 Å². The molecule has 3 aromatic heterocycles. The number of aromatic nitrogens is 4. The Morgan fingerprint density at radius 2 is 1.81 bits per heavy atom. The van der Waals surface area contributed by atoms with Gasteiger partial charge in [0.15, 0.2) is 5.82 Å². The van der Waals surface area contributed by atoms with Crippen LogP contribution in [0.4, 0.5) is 5.82 Å². The smallest absolute Gasteiger partial charge is 0.162 e. The minimum absolute atomic E-state index is 0.453. The summed E-state index contributed by atoms with van der Waals surface area (Å²) in [5.74, 6) is 2.52. The highest BCUT2D eigenvalue weighted by atomic mass is 15.2. The normalized spacial score (nSPS) is 21.8.